The fourth-order valence-electron chi connectivity index (χ4n) is 3.45. The van der Waals surface area contributed by atoms with Gasteiger partial charge in [-0.05, 0) is 37.0 Å². The Balaban J connectivity index is 1.74. The molecule has 2 N–H and O–H groups in total. The molecule has 25 heavy (non-hydrogen) atoms. The van der Waals surface area contributed by atoms with Gasteiger partial charge < -0.3 is 19.7 Å². The Hall–Kier alpha value is -2.34. The van der Waals surface area contributed by atoms with Gasteiger partial charge in [0, 0.05) is 36.8 Å². The molecule has 1 aromatic carbocycles. The zero-order valence-electron chi connectivity index (χ0n) is 14.5. The van der Waals surface area contributed by atoms with Crippen LogP contribution in [0.3, 0.4) is 0 Å². The van der Waals surface area contributed by atoms with E-state index in [1.807, 2.05) is 31.3 Å². The molecular formula is C19H24N2O4. The van der Waals surface area contributed by atoms with Crippen molar-refractivity contribution in [2.24, 2.45) is 0 Å². The second-order valence-corrected chi connectivity index (χ2v) is 6.61. The third kappa shape index (κ3) is 4.20. The number of nitrogens with zero attached hydrogens (tertiary/aromatic N) is 1. The summed E-state index contributed by atoms with van der Waals surface area (Å²) in [6.45, 7) is 3.43. The summed E-state index contributed by atoms with van der Waals surface area (Å²) >= 11 is 0. The van der Waals surface area contributed by atoms with Crippen molar-refractivity contribution in [3.8, 4) is 0 Å². The molecule has 3 rings (SSSR count). The van der Waals surface area contributed by atoms with Crippen LogP contribution in [0.25, 0.3) is 10.9 Å². The number of carbonyl (C=O) groups is 2. The third-order valence-electron chi connectivity index (χ3n) is 4.73. The third-order valence-corrected chi connectivity index (χ3v) is 4.73. The maximum Gasteiger partial charge on any atom is 0.305 e. The lowest BCUT2D eigenvalue weighted by Gasteiger charge is -2.25. The Morgan fingerprint density at radius 2 is 2.24 bits per heavy atom. The number of hydrogen-bond donors (Lipinski definition) is 2. The van der Waals surface area contributed by atoms with Gasteiger partial charge in [0.15, 0.2) is 0 Å². The minimum absolute atomic E-state index is 0.0162. The molecule has 1 aliphatic rings. The van der Waals surface area contributed by atoms with Crippen molar-refractivity contribution >= 4 is 22.8 Å². The van der Waals surface area contributed by atoms with Gasteiger partial charge >= 0.3 is 5.97 Å². The molecular weight excluding hydrogens is 320 g/mol. The highest BCUT2D eigenvalue weighted by Crippen LogP contribution is 2.23. The van der Waals surface area contributed by atoms with E-state index in [0.717, 1.165) is 34.9 Å². The first-order valence-electron chi connectivity index (χ1n) is 8.71. The first-order chi connectivity index (χ1) is 12.0. The van der Waals surface area contributed by atoms with Gasteiger partial charge in [-0.1, -0.05) is 12.1 Å². The molecule has 6 nitrogen and oxygen atoms in total. The smallest absolute Gasteiger partial charge is 0.305 e. The van der Waals surface area contributed by atoms with E-state index < -0.39 is 5.97 Å². The van der Waals surface area contributed by atoms with E-state index in [4.69, 9.17) is 9.84 Å². The van der Waals surface area contributed by atoms with Crippen molar-refractivity contribution in [2.75, 3.05) is 19.7 Å². The van der Waals surface area contributed by atoms with Gasteiger partial charge in [-0.2, -0.15) is 0 Å². The van der Waals surface area contributed by atoms with Gasteiger partial charge in [-0.25, -0.2) is 0 Å². The number of carbonyl (C=O) groups excluding carboxylic acids is 1. The molecule has 0 unspecified atom stereocenters. The highest BCUT2D eigenvalue weighted by molar-refractivity contribution is 5.91. The number of amides is 1. The van der Waals surface area contributed by atoms with Crippen LogP contribution in [0.2, 0.25) is 0 Å². The zero-order chi connectivity index (χ0) is 17.8. The number of aryl methyl sites for hydroxylation is 1. The highest BCUT2D eigenvalue weighted by atomic mass is 16.5. The lowest BCUT2D eigenvalue weighted by atomic mass is 10.0. The van der Waals surface area contributed by atoms with Crippen LogP contribution in [0.15, 0.2) is 24.4 Å². The van der Waals surface area contributed by atoms with E-state index in [2.05, 4.69) is 4.98 Å². The number of fused-ring (bicyclic) bond motifs is 1. The van der Waals surface area contributed by atoms with E-state index in [1.54, 1.807) is 4.90 Å². The quantitative estimate of drug-likeness (QED) is 0.808. The SMILES string of the molecule is Cc1cccc2[nH]cc(CC(=O)N(CCC(=O)O)C[C@H]3CCCO3)c12. The fraction of sp³-hybridized carbons (Fsp3) is 0.474. The molecule has 1 aromatic heterocycles. The summed E-state index contributed by atoms with van der Waals surface area (Å²) < 4.78 is 5.62. The molecule has 1 aliphatic heterocycles. The minimum Gasteiger partial charge on any atom is -0.481 e. The number of carboxylic acids is 1. The van der Waals surface area contributed by atoms with Crippen molar-refractivity contribution in [3.63, 3.8) is 0 Å². The van der Waals surface area contributed by atoms with Crippen molar-refractivity contribution in [3.05, 3.63) is 35.5 Å². The van der Waals surface area contributed by atoms with Gasteiger partial charge in [0.2, 0.25) is 5.91 Å². The number of aromatic nitrogens is 1. The maximum absolute atomic E-state index is 12.8. The maximum atomic E-state index is 12.8. The normalized spacial score (nSPS) is 17.1. The van der Waals surface area contributed by atoms with Gasteiger partial charge in [-0.15, -0.1) is 0 Å². The molecule has 0 radical (unpaired) electrons. The number of hydrogen-bond acceptors (Lipinski definition) is 3. The molecule has 0 saturated carbocycles. The van der Waals surface area contributed by atoms with E-state index in [9.17, 15) is 9.59 Å². The Kier molecular flexibility index (Phi) is 5.38. The number of rotatable bonds is 7. The van der Waals surface area contributed by atoms with Crippen LogP contribution in [0.1, 0.15) is 30.4 Å². The summed E-state index contributed by atoms with van der Waals surface area (Å²) in [7, 11) is 0. The first kappa shape index (κ1) is 17.5. The summed E-state index contributed by atoms with van der Waals surface area (Å²) in [4.78, 5) is 28.6. The molecule has 1 fully saturated rings. The van der Waals surface area contributed by atoms with Crippen molar-refractivity contribution < 1.29 is 19.4 Å². The number of H-pyrrole nitrogens is 1. The molecule has 2 aromatic rings. The average molecular weight is 344 g/mol. The van der Waals surface area contributed by atoms with E-state index in [0.29, 0.717) is 13.2 Å². The highest BCUT2D eigenvalue weighted by Gasteiger charge is 2.24. The molecule has 1 saturated heterocycles. The topological polar surface area (TPSA) is 82.6 Å². The first-order valence-corrected chi connectivity index (χ1v) is 8.71. The number of ether oxygens (including phenoxy) is 1. The van der Waals surface area contributed by atoms with Gasteiger partial charge in [0.25, 0.3) is 0 Å². The molecule has 0 aliphatic carbocycles. The second-order valence-electron chi connectivity index (χ2n) is 6.61. The van der Waals surface area contributed by atoms with Crippen molar-refractivity contribution in [1.29, 1.82) is 0 Å². The average Bonchev–Trinajstić information content (AvgIpc) is 3.22. The number of nitrogens with one attached hydrogen (secondary N) is 1. The summed E-state index contributed by atoms with van der Waals surface area (Å²) in [6.07, 6.45) is 4.01. The molecule has 0 spiro atoms. The minimum atomic E-state index is -0.895. The molecule has 6 heteroatoms. The van der Waals surface area contributed by atoms with Gasteiger partial charge in [-0.3, -0.25) is 9.59 Å². The van der Waals surface area contributed by atoms with Crippen LogP contribution in [0.5, 0.6) is 0 Å². The van der Waals surface area contributed by atoms with Crippen LogP contribution in [-0.4, -0.2) is 52.7 Å². The van der Waals surface area contributed by atoms with Crippen LogP contribution >= 0.6 is 0 Å². The predicted molar refractivity (Wildman–Crippen MR) is 94.5 cm³/mol. The largest absolute Gasteiger partial charge is 0.481 e. The van der Waals surface area contributed by atoms with Crippen LogP contribution in [0, 0.1) is 6.92 Å². The summed E-state index contributed by atoms with van der Waals surface area (Å²) in [5, 5.41) is 10.0. The Labute approximate surface area is 146 Å². The van der Waals surface area contributed by atoms with E-state index in [-0.39, 0.29) is 31.4 Å². The second kappa shape index (κ2) is 7.70. The molecule has 1 amide bonds. The molecule has 2 heterocycles. The Morgan fingerprint density at radius 3 is 2.96 bits per heavy atom. The van der Waals surface area contributed by atoms with Gasteiger partial charge in [0.05, 0.1) is 18.9 Å². The van der Waals surface area contributed by atoms with E-state index >= 15 is 0 Å². The Bertz CT molecular complexity index is 762. The molecule has 134 valence electrons. The van der Waals surface area contributed by atoms with Crippen LogP contribution in [-0.2, 0) is 20.7 Å². The molecule has 1 atom stereocenters. The van der Waals surface area contributed by atoms with Crippen LogP contribution in [0.4, 0.5) is 0 Å². The van der Waals surface area contributed by atoms with Crippen molar-refractivity contribution in [1.82, 2.24) is 9.88 Å². The fourth-order valence-corrected chi connectivity index (χ4v) is 3.45. The van der Waals surface area contributed by atoms with Gasteiger partial charge in [0.1, 0.15) is 0 Å². The monoisotopic (exact) mass is 344 g/mol. The molecule has 0 bridgehead atoms. The number of carboxylic acid groups (broad SMARTS) is 1. The number of benzene rings is 1. The summed E-state index contributed by atoms with van der Waals surface area (Å²) in [6, 6.07) is 6.00. The Morgan fingerprint density at radius 1 is 1.40 bits per heavy atom. The lowest BCUT2D eigenvalue weighted by molar-refractivity contribution is -0.139. The van der Waals surface area contributed by atoms with E-state index in [1.165, 1.54) is 0 Å². The summed E-state index contributed by atoms with van der Waals surface area (Å²) in [5.74, 6) is -0.950. The zero-order valence-corrected chi connectivity index (χ0v) is 14.5. The van der Waals surface area contributed by atoms with Crippen molar-refractivity contribution in [2.45, 2.75) is 38.7 Å². The number of aliphatic carboxylic acids is 1. The standard InChI is InChI=1S/C19H24N2O4/c1-13-4-2-6-16-19(13)14(11-20-16)10-17(22)21(8-7-18(23)24)12-15-5-3-9-25-15/h2,4,6,11,15,20H,3,5,7-10,12H2,1H3,(H,23,24)/t15-/m1/s1. The van der Waals surface area contributed by atoms with Crippen LogP contribution < -0.4 is 0 Å². The number of aromatic amines is 1. The summed E-state index contributed by atoms with van der Waals surface area (Å²) in [5.41, 5.74) is 3.09. The lowest BCUT2D eigenvalue weighted by Crippen LogP contribution is -2.39. The predicted octanol–water partition coefficient (Wildman–Crippen LogP) is 2.50.